The van der Waals surface area contributed by atoms with Crippen LogP contribution in [0, 0.1) is 13.8 Å². The van der Waals surface area contributed by atoms with Gasteiger partial charge in [0.25, 0.3) is 5.91 Å². The number of rotatable bonds is 7. The molecule has 0 saturated heterocycles. The van der Waals surface area contributed by atoms with E-state index in [1.54, 1.807) is 14.2 Å². The van der Waals surface area contributed by atoms with Gasteiger partial charge in [-0.25, -0.2) is 0 Å². The number of hydrogen-bond donors (Lipinski definition) is 2. The molecule has 1 atom stereocenters. The van der Waals surface area contributed by atoms with Gasteiger partial charge in [-0.15, -0.1) is 0 Å². The minimum atomic E-state index is -0.133. The smallest absolute Gasteiger partial charge is 0.251 e. The summed E-state index contributed by atoms with van der Waals surface area (Å²) in [4.78, 5) is 16.4. The van der Waals surface area contributed by atoms with Gasteiger partial charge < -0.3 is 19.8 Å². The van der Waals surface area contributed by atoms with Crippen molar-refractivity contribution in [1.82, 2.24) is 10.3 Å². The van der Waals surface area contributed by atoms with Crippen molar-refractivity contribution >= 4 is 16.8 Å². The minimum Gasteiger partial charge on any atom is -0.493 e. The van der Waals surface area contributed by atoms with E-state index in [1.165, 1.54) is 0 Å². The second kappa shape index (κ2) is 9.18. The Labute approximate surface area is 188 Å². The number of aromatic nitrogens is 1. The van der Waals surface area contributed by atoms with E-state index in [0.717, 1.165) is 33.2 Å². The summed E-state index contributed by atoms with van der Waals surface area (Å²) in [5.74, 6) is 1.11. The Balaban J connectivity index is 1.74. The zero-order chi connectivity index (χ0) is 22.7. The van der Waals surface area contributed by atoms with Gasteiger partial charge in [-0.05, 0) is 43.2 Å². The quantitative estimate of drug-likeness (QED) is 0.416. The van der Waals surface area contributed by atoms with Crippen molar-refractivity contribution in [3.05, 3.63) is 94.7 Å². The van der Waals surface area contributed by atoms with Crippen LogP contribution in [0.4, 0.5) is 0 Å². The first-order valence-corrected chi connectivity index (χ1v) is 10.7. The number of carbonyl (C=O) groups excluding carboxylic acids is 1. The number of H-pyrrole nitrogens is 1. The molecule has 5 nitrogen and oxygen atoms in total. The molecule has 2 N–H and O–H groups in total. The summed E-state index contributed by atoms with van der Waals surface area (Å²) in [7, 11) is 3.27. The summed E-state index contributed by atoms with van der Waals surface area (Å²) in [5, 5.41) is 4.26. The molecule has 164 valence electrons. The summed E-state index contributed by atoms with van der Waals surface area (Å²) in [6.07, 6.45) is 2.01. The molecule has 3 aromatic carbocycles. The highest BCUT2D eigenvalue weighted by molar-refractivity contribution is 5.95. The minimum absolute atomic E-state index is 0.0887. The standard InChI is InChI=1S/C27H28N2O3/c1-17-12-13-19(18(2)14-17)27(30)29-16-23(21-9-7-11-25(31-3)26(21)32-4)22-15-28-24-10-6-5-8-20(22)24/h5-15,23,28H,16H2,1-4H3,(H,29,30). The molecule has 0 saturated carbocycles. The van der Waals surface area contributed by atoms with Crippen LogP contribution in [0.3, 0.4) is 0 Å². The van der Waals surface area contributed by atoms with Crippen LogP contribution in [-0.4, -0.2) is 31.7 Å². The van der Waals surface area contributed by atoms with Gasteiger partial charge in [0.15, 0.2) is 11.5 Å². The summed E-state index contributed by atoms with van der Waals surface area (Å²) < 4.78 is 11.3. The van der Waals surface area contributed by atoms with Crippen LogP contribution in [0.5, 0.6) is 11.5 Å². The molecule has 1 heterocycles. The van der Waals surface area contributed by atoms with E-state index in [0.29, 0.717) is 23.6 Å². The van der Waals surface area contributed by atoms with E-state index in [2.05, 4.69) is 16.4 Å². The Morgan fingerprint density at radius 3 is 2.53 bits per heavy atom. The fourth-order valence-corrected chi connectivity index (χ4v) is 4.31. The summed E-state index contributed by atoms with van der Waals surface area (Å²) in [6.45, 7) is 4.40. The highest BCUT2D eigenvalue weighted by Gasteiger charge is 2.24. The van der Waals surface area contributed by atoms with E-state index in [1.807, 2.05) is 74.6 Å². The van der Waals surface area contributed by atoms with Crippen LogP contribution in [0.2, 0.25) is 0 Å². The SMILES string of the molecule is COc1cccc(C(CNC(=O)c2ccc(C)cc2C)c2c[nH]c3ccccc23)c1OC. The third-order valence-electron chi connectivity index (χ3n) is 5.90. The summed E-state index contributed by atoms with van der Waals surface area (Å²) in [6, 6.07) is 19.9. The van der Waals surface area contributed by atoms with Crippen LogP contribution in [0.15, 0.2) is 66.9 Å². The van der Waals surface area contributed by atoms with E-state index < -0.39 is 0 Å². The number of para-hydroxylation sites is 2. The van der Waals surface area contributed by atoms with E-state index in [9.17, 15) is 4.79 Å². The van der Waals surface area contributed by atoms with Gasteiger partial charge in [-0.3, -0.25) is 4.79 Å². The number of amides is 1. The Hall–Kier alpha value is -3.73. The van der Waals surface area contributed by atoms with Crippen LogP contribution in [0.25, 0.3) is 10.9 Å². The van der Waals surface area contributed by atoms with Crippen LogP contribution >= 0.6 is 0 Å². The third-order valence-corrected chi connectivity index (χ3v) is 5.90. The number of carbonyl (C=O) groups is 1. The van der Waals surface area contributed by atoms with Crippen molar-refractivity contribution in [2.24, 2.45) is 0 Å². The highest BCUT2D eigenvalue weighted by Crippen LogP contribution is 2.40. The first-order chi connectivity index (χ1) is 15.5. The number of benzene rings is 3. The van der Waals surface area contributed by atoms with E-state index >= 15 is 0 Å². The topological polar surface area (TPSA) is 63.3 Å². The van der Waals surface area contributed by atoms with Gasteiger partial charge in [-0.1, -0.05) is 48.0 Å². The number of fused-ring (bicyclic) bond motifs is 1. The molecule has 0 aliphatic heterocycles. The molecule has 1 amide bonds. The lowest BCUT2D eigenvalue weighted by Crippen LogP contribution is -2.29. The first kappa shape index (κ1) is 21.5. The second-order valence-corrected chi connectivity index (χ2v) is 7.95. The number of aryl methyl sites for hydroxylation is 2. The molecule has 0 aliphatic rings. The van der Waals surface area contributed by atoms with E-state index in [-0.39, 0.29) is 11.8 Å². The molecule has 1 aromatic heterocycles. The van der Waals surface area contributed by atoms with Crippen molar-refractivity contribution in [1.29, 1.82) is 0 Å². The number of methoxy groups -OCH3 is 2. The lowest BCUT2D eigenvalue weighted by molar-refractivity contribution is 0.0951. The van der Waals surface area contributed by atoms with E-state index in [4.69, 9.17) is 9.47 Å². The largest absolute Gasteiger partial charge is 0.493 e. The normalized spacial score (nSPS) is 11.9. The first-order valence-electron chi connectivity index (χ1n) is 10.7. The van der Waals surface area contributed by atoms with Gasteiger partial charge in [0.1, 0.15) is 0 Å². The summed E-state index contributed by atoms with van der Waals surface area (Å²) >= 11 is 0. The monoisotopic (exact) mass is 428 g/mol. The predicted octanol–water partition coefficient (Wildman–Crippen LogP) is 5.36. The molecule has 0 spiro atoms. The molecule has 5 heteroatoms. The Bertz CT molecular complexity index is 1260. The van der Waals surface area contributed by atoms with Crippen LogP contribution < -0.4 is 14.8 Å². The van der Waals surface area contributed by atoms with Crippen molar-refractivity contribution in [3.63, 3.8) is 0 Å². The fourth-order valence-electron chi connectivity index (χ4n) is 4.31. The number of hydrogen-bond acceptors (Lipinski definition) is 3. The van der Waals surface area contributed by atoms with Crippen LogP contribution in [-0.2, 0) is 0 Å². The highest BCUT2D eigenvalue weighted by atomic mass is 16.5. The van der Waals surface area contributed by atoms with Crippen molar-refractivity contribution < 1.29 is 14.3 Å². The lowest BCUT2D eigenvalue weighted by atomic mass is 9.89. The van der Waals surface area contributed by atoms with Gasteiger partial charge in [-0.2, -0.15) is 0 Å². The Morgan fingerprint density at radius 2 is 1.78 bits per heavy atom. The Kier molecular flexibility index (Phi) is 6.17. The van der Waals surface area contributed by atoms with Gasteiger partial charge in [0.05, 0.1) is 14.2 Å². The molecular weight excluding hydrogens is 400 g/mol. The second-order valence-electron chi connectivity index (χ2n) is 7.95. The molecule has 4 aromatic rings. The average Bonchev–Trinajstić information content (AvgIpc) is 3.23. The van der Waals surface area contributed by atoms with Gasteiger partial charge in [0, 0.05) is 40.7 Å². The molecule has 4 rings (SSSR count). The maximum absolute atomic E-state index is 13.0. The van der Waals surface area contributed by atoms with Crippen LogP contribution in [0.1, 0.15) is 38.5 Å². The van der Waals surface area contributed by atoms with Gasteiger partial charge >= 0.3 is 0 Å². The fraction of sp³-hybridized carbons (Fsp3) is 0.222. The number of nitrogens with one attached hydrogen (secondary N) is 2. The van der Waals surface area contributed by atoms with Crippen molar-refractivity contribution in [2.45, 2.75) is 19.8 Å². The zero-order valence-electron chi connectivity index (χ0n) is 18.9. The molecule has 32 heavy (non-hydrogen) atoms. The molecule has 1 unspecified atom stereocenters. The maximum atomic E-state index is 13.0. The zero-order valence-corrected chi connectivity index (χ0v) is 18.9. The molecule has 0 radical (unpaired) electrons. The molecule has 0 aliphatic carbocycles. The summed E-state index contributed by atoms with van der Waals surface area (Å²) in [5.41, 5.74) is 5.88. The Morgan fingerprint density at radius 1 is 0.969 bits per heavy atom. The maximum Gasteiger partial charge on any atom is 0.251 e. The van der Waals surface area contributed by atoms with Crippen molar-refractivity contribution in [2.75, 3.05) is 20.8 Å². The molecule has 0 fully saturated rings. The molecule has 0 bridgehead atoms. The third kappa shape index (κ3) is 4.06. The van der Waals surface area contributed by atoms with Gasteiger partial charge in [0.2, 0.25) is 0 Å². The number of ether oxygens (including phenoxy) is 2. The van der Waals surface area contributed by atoms with Crippen molar-refractivity contribution in [3.8, 4) is 11.5 Å². The average molecular weight is 429 g/mol. The predicted molar refractivity (Wildman–Crippen MR) is 128 cm³/mol. The number of aromatic amines is 1. The molecular formula is C27H28N2O3. The lowest BCUT2D eigenvalue weighted by Gasteiger charge is -2.22.